The number of likely N-dealkylation sites (N-methyl/N-ethyl adjacent to an activating group) is 2. The zero-order valence-electron chi connectivity index (χ0n) is 9.93. The van der Waals surface area contributed by atoms with Gasteiger partial charge >= 0.3 is 0 Å². The fourth-order valence-corrected chi connectivity index (χ4v) is 2.01. The summed E-state index contributed by atoms with van der Waals surface area (Å²) < 4.78 is 0. The molecular weight excluding hydrogens is 243 g/mol. The van der Waals surface area contributed by atoms with E-state index in [4.69, 9.17) is 23.2 Å². The minimum Gasteiger partial charge on any atom is -0.318 e. The maximum absolute atomic E-state index is 6.17. The van der Waals surface area contributed by atoms with Gasteiger partial charge in [-0.2, -0.15) is 0 Å². The molecule has 1 atom stereocenters. The molecule has 4 heteroatoms. The van der Waals surface area contributed by atoms with Crippen molar-refractivity contribution in [3.05, 3.63) is 33.8 Å². The number of benzene rings is 1. The summed E-state index contributed by atoms with van der Waals surface area (Å²) in [4.78, 5) is 2.24. The van der Waals surface area contributed by atoms with E-state index in [0.717, 1.165) is 28.7 Å². The lowest BCUT2D eigenvalue weighted by Crippen LogP contribution is -2.29. The Kier molecular flexibility index (Phi) is 5.56. The first-order valence-corrected chi connectivity index (χ1v) is 6.11. The molecule has 0 bridgehead atoms. The Hall–Kier alpha value is -0.280. The lowest BCUT2D eigenvalue weighted by atomic mass is 10.1. The summed E-state index contributed by atoms with van der Waals surface area (Å²) in [5.74, 6) is 0. The van der Waals surface area contributed by atoms with Crippen LogP contribution in [0.1, 0.15) is 18.5 Å². The van der Waals surface area contributed by atoms with E-state index in [0.29, 0.717) is 0 Å². The van der Waals surface area contributed by atoms with Crippen LogP contribution in [0.2, 0.25) is 10.0 Å². The first-order chi connectivity index (χ1) is 7.56. The lowest BCUT2D eigenvalue weighted by molar-refractivity contribution is 0.263. The van der Waals surface area contributed by atoms with E-state index in [1.165, 1.54) is 0 Å². The van der Waals surface area contributed by atoms with Crippen molar-refractivity contribution in [2.75, 3.05) is 27.2 Å². The highest BCUT2D eigenvalue weighted by molar-refractivity contribution is 6.33. The smallest absolute Gasteiger partial charge is 0.0454 e. The minimum atomic E-state index is 0.263. The summed E-state index contributed by atoms with van der Waals surface area (Å²) in [7, 11) is 4.03. The van der Waals surface area contributed by atoms with Crippen LogP contribution < -0.4 is 5.32 Å². The van der Waals surface area contributed by atoms with Crippen molar-refractivity contribution in [3.63, 3.8) is 0 Å². The second kappa shape index (κ2) is 6.45. The molecular formula is C12H18Cl2N2. The lowest BCUT2D eigenvalue weighted by Gasteiger charge is -2.25. The zero-order chi connectivity index (χ0) is 12.1. The molecule has 1 unspecified atom stereocenters. The summed E-state index contributed by atoms with van der Waals surface area (Å²) in [6.07, 6.45) is 0. The van der Waals surface area contributed by atoms with Gasteiger partial charge in [-0.3, -0.25) is 4.90 Å². The van der Waals surface area contributed by atoms with Gasteiger partial charge in [-0.15, -0.1) is 0 Å². The average Bonchev–Trinajstić information content (AvgIpc) is 2.28. The van der Waals surface area contributed by atoms with Gasteiger partial charge in [-0.05, 0) is 44.8 Å². The van der Waals surface area contributed by atoms with Crippen molar-refractivity contribution < 1.29 is 0 Å². The molecule has 1 rings (SSSR count). The monoisotopic (exact) mass is 260 g/mol. The fraction of sp³-hybridized carbons (Fsp3) is 0.500. The molecule has 90 valence electrons. The highest BCUT2D eigenvalue weighted by Gasteiger charge is 2.14. The van der Waals surface area contributed by atoms with Gasteiger partial charge in [0, 0.05) is 29.2 Å². The third-order valence-corrected chi connectivity index (χ3v) is 3.36. The van der Waals surface area contributed by atoms with E-state index in [1.807, 2.05) is 25.2 Å². The molecule has 1 aromatic carbocycles. The molecule has 2 nitrogen and oxygen atoms in total. The van der Waals surface area contributed by atoms with Crippen LogP contribution in [0.3, 0.4) is 0 Å². The molecule has 0 spiro atoms. The molecule has 1 N–H and O–H groups in total. The summed E-state index contributed by atoms with van der Waals surface area (Å²) in [6.45, 7) is 4.06. The molecule has 0 radical (unpaired) electrons. The molecule has 16 heavy (non-hydrogen) atoms. The van der Waals surface area contributed by atoms with Crippen LogP contribution in [0.4, 0.5) is 0 Å². The van der Waals surface area contributed by atoms with Crippen molar-refractivity contribution >= 4 is 23.2 Å². The van der Waals surface area contributed by atoms with Gasteiger partial charge in [0.1, 0.15) is 0 Å². The van der Waals surface area contributed by atoms with Crippen molar-refractivity contribution in [3.8, 4) is 0 Å². The number of rotatable bonds is 5. The molecule has 0 aliphatic carbocycles. The van der Waals surface area contributed by atoms with E-state index in [2.05, 4.69) is 24.2 Å². The summed E-state index contributed by atoms with van der Waals surface area (Å²) in [5.41, 5.74) is 1.08. The Morgan fingerprint density at radius 1 is 1.38 bits per heavy atom. The van der Waals surface area contributed by atoms with Crippen molar-refractivity contribution in [1.82, 2.24) is 10.2 Å². The molecule has 0 amide bonds. The zero-order valence-corrected chi connectivity index (χ0v) is 11.4. The van der Waals surface area contributed by atoms with Crippen LogP contribution in [0.5, 0.6) is 0 Å². The van der Waals surface area contributed by atoms with Gasteiger partial charge in [0.15, 0.2) is 0 Å². The quantitative estimate of drug-likeness (QED) is 0.875. The summed E-state index contributed by atoms with van der Waals surface area (Å²) in [6, 6.07) is 5.86. The van der Waals surface area contributed by atoms with E-state index in [1.54, 1.807) is 0 Å². The number of hydrogen-bond acceptors (Lipinski definition) is 2. The van der Waals surface area contributed by atoms with Crippen molar-refractivity contribution in [2.24, 2.45) is 0 Å². The third-order valence-electron chi connectivity index (χ3n) is 2.78. The van der Waals surface area contributed by atoms with Gasteiger partial charge in [0.2, 0.25) is 0 Å². The molecule has 1 aromatic rings. The predicted molar refractivity (Wildman–Crippen MR) is 71.4 cm³/mol. The van der Waals surface area contributed by atoms with Crippen LogP contribution in [-0.4, -0.2) is 32.1 Å². The maximum atomic E-state index is 6.17. The summed E-state index contributed by atoms with van der Waals surface area (Å²) >= 11 is 12.1. The van der Waals surface area contributed by atoms with E-state index in [-0.39, 0.29) is 6.04 Å². The maximum Gasteiger partial charge on any atom is 0.0454 e. The molecule has 0 heterocycles. The molecule has 0 aliphatic heterocycles. The minimum absolute atomic E-state index is 0.263. The molecule has 0 fully saturated rings. The average molecular weight is 261 g/mol. The van der Waals surface area contributed by atoms with Gasteiger partial charge in [0.05, 0.1) is 0 Å². The summed E-state index contributed by atoms with van der Waals surface area (Å²) in [5, 5.41) is 4.63. The van der Waals surface area contributed by atoms with Crippen LogP contribution in [0.25, 0.3) is 0 Å². The second-order valence-electron chi connectivity index (χ2n) is 3.93. The number of hydrogen-bond donors (Lipinski definition) is 1. The van der Waals surface area contributed by atoms with Crippen LogP contribution in [-0.2, 0) is 0 Å². The Balaban J connectivity index is 2.78. The van der Waals surface area contributed by atoms with E-state index in [9.17, 15) is 0 Å². The normalized spacial score (nSPS) is 13.1. The van der Waals surface area contributed by atoms with Crippen molar-refractivity contribution in [2.45, 2.75) is 13.0 Å². The number of nitrogens with one attached hydrogen (secondary N) is 1. The Morgan fingerprint density at radius 2 is 2.06 bits per heavy atom. The van der Waals surface area contributed by atoms with Crippen LogP contribution >= 0.6 is 23.2 Å². The number of nitrogens with zero attached hydrogens (tertiary/aromatic N) is 1. The van der Waals surface area contributed by atoms with Gasteiger partial charge in [-0.25, -0.2) is 0 Å². The SMILES string of the molecule is CNCCN(C)C(C)c1cc(Cl)ccc1Cl. The van der Waals surface area contributed by atoms with Gasteiger partial charge in [-0.1, -0.05) is 23.2 Å². The predicted octanol–water partition coefficient (Wildman–Crippen LogP) is 3.21. The van der Waals surface area contributed by atoms with Crippen LogP contribution in [0, 0.1) is 0 Å². The molecule has 0 saturated heterocycles. The molecule has 0 aliphatic rings. The number of halogens is 2. The highest BCUT2D eigenvalue weighted by Crippen LogP contribution is 2.28. The Labute approximate surface area is 108 Å². The molecule has 0 saturated carbocycles. The van der Waals surface area contributed by atoms with Gasteiger partial charge < -0.3 is 5.32 Å². The van der Waals surface area contributed by atoms with Crippen LogP contribution in [0.15, 0.2) is 18.2 Å². The third kappa shape index (κ3) is 3.63. The fourth-order valence-electron chi connectivity index (χ4n) is 1.55. The van der Waals surface area contributed by atoms with Gasteiger partial charge in [0.25, 0.3) is 0 Å². The first kappa shape index (κ1) is 13.8. The van der Waals surface area contributed by atoms with Crippen molar-refractivity contribution in [1.29, 1.82) is 0 Å². The largest absolute Gasteiger partial charge is 0.318 e. The highest BCUT2D eigenvalue weighted by atomic mass is 35.5. The first-order valence-electron chi connectivity index (χ1n) is 5.36. The van der Waals surface area contributed by atoms with E-state index >= 15 is 0 Å². The second-order valence-corrected chi connectivity index (χ2v) is 4.77. The topological polar surface area (TPSA) is 15.3 Å². The Bertz CT molecular complexity index is 342. The Morgan fingerprint density at radius 3 is 2.69 bits per heavy atom. The van der Waals surface area contributed by atoms with E-state index < -0.39 is 0 Å². The molecule has 0 aromatic heterocycles. The standard InChI is InChI=1S/C12H18Cl2N2/c1-9(16(3)7-6-15-2)11-8-10(13)4-5-12(11)14/h4-5,8-9,15H,6-7H2,1-3H3.